The number of sulfonamides is 2. The lowest BCUT2D eigenvalue weighted by atomic mass is 10.0. The molecule has 1 aliphatic heterocycles. The van der Waals surface area contributed by atoms with Gasteiger partial charge in [0.15, 0.2) is 0 Å². The van der Waals surface area contributed by atoms with E-state index in [0.717, 1.165) is 17.7 Å². The number of halogens is 1. The standard InChI is InChI=1S/C29H25FN2O6S2/c1-29(2)19-21-14-13-20(17-27(21)38-29)28(33)31-22-15-16-25(30)26(18-22)32(39(34,35)23-9-5-3-6-10-23)40(36,37)24-11-7-4-8-12-24/h3-18H,19H2,1-2H3,(H,31,33). The lowest BCUT2D eigenvalue weighted by molar-refractivity contribution is 0.102. The normalized spacial score (nSPS) is 14.2. The minimum atomic E-state index is -4.82. The smallest absolute Gasteiger partial charge is 0.277 e. The molecule has 0 spiro atoms. The molecule has 0 radical (unpaired) electrons. The number of rotatable bonds is 7. The molecule has 1 heterocycles. The fraction of sp³-hybridized carbons (Fsp3) is 0.138. The van der Waals surface area contributed by atoms with E-state index >= 15 is 4.39 Å². The first kappa shape index (κ1) is 27.4. The summed E-state index contributed by atoms with van der Waals surface area (Å²) in [6.07, 6.45) is 0.688. The number of benzene rings is 4. The van der Waals surface area contributed by atoms with Crippen LogP contribution in [0.5, 0.6) is 5.75 Å². The van der Waals surface area contributed by atoms with E-state index in [2.05, 4.69) is 5.32 Å². The highest BCUT2D eigenvalue weighted by Gasteiger charge is 2.39. The molecule has 40 heavy (non-hydrogen) atoms. The summed E-state index contributed by atoms with van der Waals surface area (Å²) in [5.74, 6) is -1.12. The Morgan fingerprint density at radius 2 is 1.40 bits per heavy atom. The van der Waals surface area contributed by atoms with Gasteiger partial charge in [0.2, 0.25) is 0 Å². The highest BCUT2D eigenvalue weighted by Crippen LogP contribution is 2.36. The van der Waals surface area contributed by atoms with Crippen LogP contribution >= 0.6 is 0 Å². The molecule has 1 amide bonds. The van der Waals surface area contributed by atoms with Gasteiger partial charge >= 0.3 is 0 Å². The van der Waals surface area contributed by atoms with Crippen molar-refractivity contribution < 1.29 is 30.8 Å². The van der Waals surface area contributed by atoms with Gasteiger partial charge in [-0.3, -0.25) is 4.79 Å². The lowest BCUT2D eigenvalue weighted by Crippen LogP contribution is -2.37. The van der Waals surface area contributed by atoms with E-state index < -0.39 is 43.1 Å². The predicted molar refractivity (Wildman–Crippen MR) is 149 cm³/mol. The van der Waals surface area contributed by atoms with Crippen LogP contribution in [0.25, 0.3) is 0 Å². The Labute approximate surface area is 232 Å². The molecule has 1 aliphatic rings. The maximum Gasteiger partial charge on any atom is 0.277 e. The third-order valence-electron chi connectivity index (χ3n) is 6.25. The summed E-state index contributed by atoms with van der Waals surface area (Å²) in [5.41, 5.74) is 0.0250. The number of fused-ring (bicyclic) bond motifs is 1. The van der Waals surface area contributed by atoms with Crippen LogP contribution in [0.15, 0.2) is 107 Å². The molecule has 4 aromatic carbocycles. The molecular weight excluding hydrogens is 555 g/mol. The van der Waals surface area contributed by atoms with E-state index in [4.69, 9.17) is 4.74 Å². The maximum atomic E-state index is 15.3. The number of hydrogen-bond acceptors (Lipinski definition) is 6. The number of nitrogens with one attached hydrogen (secondary N) is 1. The van der Waals surface area contributed by atoms with Crippen molar-refractivity contribution in [3.8, 4) is 5.75 Å². The highest BCUT2D eigenvalue weighted by atomic mass is 32.3. The second kappa shape index (κ2) is 10.1. The monoisotopic (exact) mass is 580 g/mol. The van der Waals surface area contributed by atoms with Gasteiger partial charge in [-0.25, -0.2) is 21.2 Å². The summed E-state index contributed by atoms with van der Waals surface area (Å²) in [6, 6.07) is 21.8. The lowest BCUT2D eigenvalue weighted by Gasteiger charge is -2.25. The van der Waals surface area contributed by atoms with Crippen LogP contribution in [0.1, 0.15) is 29.8 Å². The number of amides is 1. The summed E-state index contributed by atoms with van der Waals surface area (Å²) in [7, 11) is -9.64. The van der Waals surface area contributed by atoms with Crippen LogP contribution in [0.4, 0.5) is 15.8 Å². The Hall–Kier alpha value is -4.22. The van der Waals surface area contributed by atoms with Gasteiger partial charge in [0.1, 0.15) is 22.9 Å². The molecule has 206 valence electrons. The fourth-order valence-corrected chi connectivity index (χ4v) is 8.16. The molecule has 11 heteroatoms. The van der Waals surface area contributed by atoms with Crippen LogP contribution < -0.4 is 13.8 Å². The molecule has 1 N–H and O–H groups in total. The van der Waals surface area contributed by atoms with E-state index in [1.165, 1.54) is 54.6 Å². The third kappa shape index (κ3) is 5.17. The first-order chi connectivity index (χ1) is 18.9. The molecule has 4 aromatic rings. The molecule has 5 rings (SSSR count). The topological polar surface area (TPSA) is 110 Å². The van der Waals surface area contributed by atoms with Crippen LogP contribution in [0.3, 0.4) is 0 Å². The molecule has 0 bridgehead atoms. The van der Waals surface area contributed by atoms with Gasteiger partial charge in [0.05, 0.1) is 9.79 Å². The van der Waals surface area contributed by atoms with Gasteiger partial charge in [0.25, 0.3) is 26.0 Å². The van der Waals surface area contributed by atoms with Gasteiger partial charge in [0, 0.05) is 17.7 Å². The summed E-state index contributed by atoms with van der Waals surface area (Å²) >= 11 is 0. The van der Waals surface area contributed by atoms with E-state index in [9.17, 15) is 21.6 Å². The first-order valence-corrected chi connectivity index (χ1v) is 15.1. The Morgan fingerprint density at radius 1 is 0.825 bits per heavy atom. The molecule has 0 aliphatic carbocycles. The molecule has 0 aromatic heterocycles. The Kier molecular flexibility index (Phi) is 6.89. The van der Waals surface area contributed by atoms with E-state index in [-0.39, 0.29) is 24.8 Å². The number of nitrogens with zero attached hydrogens (tertiary/aromatic N) is 1. The summed E-state index contributed by atoms with van der Waals surface area (Å²) in [5, 5.41) is 2.60. The van der Waals surface area contributed by atoms with Crippen LogP contribution in [-0.4, -0.2) is 28.3 Å². The largest absolute Gasteiger partial charge is 0.487 e. The first-order valence-electron chi connectivity index (χ1n) is 12.2. The van der Waals surface area contributed by atoms with Crippen molar-refractivity contribution in [2.75, 3.05) is 9.03 Å². The minimum Gasteiger partial charge on any atom is -0.487 e. The van der Waals surface area contributed by atoms with Gasteiger partial charge < -0.3 is 10.1 Å². The van der Waals surface area contributed by atoms with Gasteiger partial charge in [-0.15, -0.1) is 0 Å². The van der Waals surface area contributed by atoms with Crippen molar-refractivity contribution in [2.24, 2.45) is 0 Å². The van der Waals surface area contributed by atoms with Crippen LogP contribution in [-0.2, 0) is 26.5 Å². The van der Waals surface area contributed by atoms with Gasteiger partial charge in [-0.2, -0.15) is 3.71 Å². The molecule has 0 saturated heterocycles. The zero-order valence-electron chi connectivity index (χ0n) is 21.5. The average Bonchev–Trinajstić information content (AvgIpc) is 3.24. The Balaban J connectivity index is 1.56. The summed E-state index contributed by atoms with van der Waals surface area (Å²) < 4.78 is 76.0. The predicted octanol–water partition coefficient (Wildman–Crippen LogP) is 5.38. The number of hydrogen-bond donors (Lipinski definition) is 1. The van der Waals surface area contributed by atoms with Gasteiger partial charge in [-0.05, 0) is 74.0 Å². The van der Waals surface area contributed by atoms with E-state index in [1.54, 1.807) is 30.3 Å². The van der Waals surface area contributed by atoms with Crippen LogP contribution in [0.2, 0.25) is 0 Å². The number of ether oxygens (including phenoxy) is 1. The van der Waals surface area contributed by atoms with Crippen molar-refractivity contribution in [1.29, 1.82) is 0 Å². The van der Waals surface area contributed by atoms with Crippen LogP contribution in [0, 0.1) is 5.82 Å². The zero-order valence-corrected chi connectivity index (χ0v) is 23.2. The van der Waals surface area contributed by atoms with Crippen molar-refractivity contribution in [3.63, 3.8) is 0 Å². The van der Waals surface area contributed by atoms with Crippen molar-refractivity contribution in [1.82, 2.24) is 0 Å². The Morgan fingerprint density at radius 3 is 1.98 bits per heavy atom. The highest BCUT2D eigenvalue weighted by molar-refractivity contribution is 8.10. The molecule has 0 saturated carbocycles. The number of carbonyl (C=O) groups excluding carboxylic acids is 1. The Bertz CT molecular complexity index is 1740. The summed E-state index contributed by atoms with van der Waals surface area (Å²) in [4.78, 5) is 12.4. The second-order valence-corrected chi connectivity index (χ2v) is 13.6. The molecule has 0 atom stereocenters. The second-order valence-electron chi connectivity index (χ2n) is 9.81. The van der Waals surface area contributed by atoms with Crippen molar-refractivity contribution in [2.45, 2.75) is 35.7 Å². The van der Waals surface area contributed by atoms with Crippen molar-refractivity contribution in [3.05, 3.63) is 114 Å². The quantitative estimate of drug-likeness (QED) is 0.315. The third-order valence-corrected chi connectivity index (χ3v) is 10.4. The maximum absolute atomic E-state index is 15.3. The SMILES string of the molecule is CC1(C)Cc2ccc(C(=O)Nc3ccc(F)c(N(S(=O)(=O)c4ccccc4)S(=O)(=O)c4ccccc4)c3)cc2O1. The van der Waals surface area contributed by atoms with Crippen molar-refractivity contribution >= 4 is 37.3 Å². The molecule has 8 nitrogen and oxygen atoms in total. The zero-order chi connectivity index (χ0) is 28.7. The van der Waals surface area contributed by atoms with E-state index in [0.29, 0.717) is 12.2 Å². The minimum absolute atomic E-state index is 0.0142. The number of anilines is 2. The van der Waals surface area contributed by atoms with Gasteiger partial charge in [-0.1, -0.05) is 42.5 Å². The number of carbonyl (C=O) groups is 1. The average molecular weight is 581 g/mol. The molecule has 0 fully saturated rings. The van der Waals surface area contributed by atoms with E-state index in [1.807, 2.05) is 13.8 Å². The molecule has 0 unspecified atom stereocenters. The fourth-order valence-electron chi connectivity index (χ4n) is 4.43. The summed E-state index contributed by atoms with van der Waals surface area (Å²) in [6.45, 7) is 3.87. The molecular formula is C29H25FN2O6S2.